The van der Waals surface area contributed by atoms with Crippen molar-refractivity contribution in [3.63, 3.8) is 0 Å². The molecule has 0 saturated heterocycles. The molecule has 0 amide bonds. The van der Waals surface area contributed by atoms with E-state index in [1.165, 1.54) is 36.8 Å². The van der Waals surface area contributed by atoms with Gasteiger partial charge in [0, 0.05) is 0 Å². The lowest BCUT2D eigenvalue weighted by Gasteiger charge is -2.50. The second-order valence-corrected chi connectivity index (χ2v) is 8.34. The van der Waals surface area contributed by atoms with E-state index in [-0.39, 0.29) is 17.8 Å². The Hall–Kier alpha value is -1.26. The molecule has 0 heterocycles. The van der Waals surface area contributed by atoms with Crippen LogP contribution in [0.15, 0.2) is 12.1 Å². The number of hydrogen-bond donors (Lipinski definition) is 2. The molecule has 0 aromatic heterocycles. The van der Waals surface area contributed by atoms with E-state index in [0.717, 1.165) is 12.8 Å². The fourth-order valence-corrected chi connectivity index (χ4v) is 6.17. The third-order valence-corrected chi connectivity index (χ3v) is 7.35. The summed E-state index contributed by atoms with van der Waals surface area (Å²) in [5, 5.41) is 19.2. The van der Waals surface area contributed by atoms with Crippen molar-refractivity contribution in [1.82, 2.24) is 0 Å². The summed E-state index contributed by atoms with van der Waals surface area (Å²) in [6.07, 6.45) is 7.25. The zero-order chi connectivity index (χ0) is 17.6. The average Bonchev–Trinajstić information content (AvgIpc) is 2.95. The summed E-state index contributed by atoms with van der Waals surface area (Å²) < 4.78 is 11.4. The van der Waals surface area contributed by atoms with Gasteiger partial charge in [-0.25, -0.2) is 0 Å². The van der Waals surface area contributed by atoms with Gasteiger partial charge in [0.15, 0.2) is 11.5 Å². The largest absolute Gasteiger partial charge is 0.504 e. The highest BCUT2D eigenvalue weighted by Crippen LogP contribution is 2.61. The molecule has 4 heteroatoms. The number of benzene rings is 1. The minimum atomic E-state index is 0.111. The van der Waals surface area contributed by atoms with Crippen LogP contribution < -0.4 is 4.74 Å². The van der Waals surface area contributed by atoms with Crippen molar-refractivity contribution in [2.45, 2.75) is 57.5 Å². The number of hydrogen-bond acceptors (Lipinski definition) is 4. The van der Waals surface area contributed by atoms with Crippen LogP contribution in [0.2, 0.25) is 0 Å². The van der Waals surface area contributed by atoms with Crippen LogP contribution in [-0.2, 0) is 11.2 Å². The molecule has 3 aliphatic rings. The smallest absolute Gasteiger partial charge is 0.160 e. The van der Waals surface area contributed by atoms with Crippen molar-refractivity contribution in [3.8, 4) is 11.5 Å². The van der Waals surface area contributed by atoms with Gasteiger partial charge in [0.25, 0.3) is 0 Å². The molecule has 1 aromatic carbocycles. The van der Waals surface area contributed by atoms with Crippen LogP contribution in [-0.4, -0.2) is 36.6 Å². The van der Waals surface area contributed by atoms with Crippen LogP contribution in [0.1, 0.15) is 56.1 Å². The third-order valence-electron chi connectivity index (χ3n) is 7.35. The highest BCUT2D eigenvalue weighted by Gasteiger charge is 2.55. The number of phenolic OH excluding ortho intramolecular Hbond substituents is 1. The maximum atomic E-state index is 10.1. The fraction of sp³-hybridized carbons (Fsp3) is 0.714. The van der Waals surface area contributed by atoms with Crippen LogP contribution in [0.4, 0.5) is 0 Å². The molecule has 2 saturated carbocycles. The van der Waals surface area contributed by atoms with Crippen LogP contribution in [0, 0.1) is 17.3 Å². The van der Waals surface area contributed by atoms with Gasteiger partial charge in [-0.1, -0.05) is 6.92 Å². The highest BCUT2D eigenvalue weighted by atomic mass is 16.5. The van der Waals surface area contributed by atoms with E-state index in [0.29, 0.717) is 36.2 Å². The number of aryl methyl sites for hydroxylation is 1. The first kappa shape index (κ1) is 17.2. The quantitative estimate of drug-likeness (QED) is 0.874. The molecule has 25 heavy (non-hydrogen) atoms. The minimum absolute atomic E-state index is 0.111. The zero-order valence-electron chi connectivity index (χ0n) is 15.3. The van der Waals surface area contributed by atoms with E-state index in [1.54, 1.807) is 7.11 Å². The fourth-order valence-electron chi connectivity index (χ4n) is 6.17. The lowest BCUT2D eigenvalue weighted by molar-refractivity contribution is -0.0710. The van der Waals surface area contributed by atoms with Crippen molar-refractivity contribution < 1.29 is 19.7 Å². The molecule has 3 unspecified atom stereocenters. The van der Waals surface area contributed by atoms with E-state index in [1.807, 2.05) is 6.07 Å². The number of methoxy groups -OCH3 is 1. The SMILES string of the molecule is COc1cc2c(cc1O)CCC1C2CC[C@@]2(C)C1CC[C@@H]2OCCO. The van der Waals surface area contributed by atoms with Gasteiger partial charge in [0.2, 0.25) is 0 Å². The maximum absolute atomic E-state index is 10.1. The van der Waals surface area contributed by atoms with E-state index < -0.39 is 0 Å². The number of rotatable bonds is 4. The Labute approximate surface area is 150 Å². The van der Waals surface area contributed by atoms with Crippen molar-refractivity contribution in [1.29, 1.82) is 0 Å². The number of fused-ring (bicyclic) bond motifs is 5. The second-order valence-electron chi connectivity index (χ2n) is 8.34. The highest BCUT2D eigenvalue weighted by molar-refractivity contribution is 5.49. The monoisotopic (exact) mass is 346 g/mol. The van der Waals surface area contributed by atoms with Gasteiger partial charge in [0.1, 0.15) is 0 Å². The Balaban J connectivity index is 1.62. The third kappa shape index (κ3) is 2.65. The van der Waals surface area contributed by atoms with Crippen LogP contribution in [0.5, 0.6) is 11.5 Å². The van der Waals surface area contributed by atoms with Crippen molar-refractivity contribution in [3.05, 3.63) is 23.3 Å². The Bertz CT molecular complexity index is 643. The molecule has 5 atom stereocenters. The number of phenols is 1. The van der Waals surface area contributed by atoms with Crippen molar-refractivity contribution in [2.24, 2.45) is 17.3 Å². The second kappa shape index (κ2) is 6.48. The van der Waals surface area contributed by atoms with Gasteiger partial charge < -0.3 is 19.7 Å². The first-order valence-corrected chi connectivity index (χ1v) is 9.70. The molecule has 0 aliphatic heterocycles. The predicted octanol–water partition coefficient (Wildman–Crippen LogP) is 3.63. The summed E-state index contributed by atoms with van der Waals surface area (Å²) in [5.41, 5.74) is 2.94. The molecule has 0 bridgehead atoms. The van der Waals surface area contributed by atoms with E-state index in [9.17, 15) is 5.11 Å². The van der Waals surface area contributed by atoms with Gasteiger partial charge >= 0.3 is 0 Å². The Kier molecular flexibility index (Phi) is 4.45. The summed E-state index contributed by atoms with van der Waals surface area (Å²) in [5.74, 6) is 2.83. The average molecular weight is 346 g/mol. The standard InChI is InChI=1S/C21H30O4/c1-21-8-7-14-15(17(21)5-6-20(21)25-10-9-22)4-3-13-11-18(23)19(24-2)12-16(13)14/h11-12,14-15,17,20,22-23H,3-10H2,1-2H3/t14?,15?,17?,20-,21-/m0/s1. The number of aliphatic hydroxyl groups excluding tert-OH is 1. The Morgan fingerprint density at radius 3 is 2.80 bits per heavy atom. The van der Waals surface area contributed by atoms with Gasteiger partial charge in [-0.05, 0) is 85.0 Å². The maximum Gasteiger partial charge on any atom is 0.160 e. The van der Waals surface area contributed by atoms with Gasteiger partial charge in [-0.3, -0.25) is 0 Å². The molecule has 1 aromatic rings. The zero-order valence-corrected chi connectivity index (χ0v) is 15.3. The van der Waals surface area contributed by atoms with Gasteiger partial charge in [-0.15, -0.1) is 0 Å². The summed E-state index contributed by atoms with van der Waals surface area (Å²) >= 11 is 0. The molecule has 2 fully saturated rings. The normalized spacial score (nSPS) is 36.4. The van der Waals surface area contributed by atoms with Crippen molar-refractivity contribution >= 4 is 0 Å². The minimum Gasteiger partial charge on any atom is -0.504 e. The van der Waals surface area contributed by atoms with Gasteiger partial charge in [0.05, 0.1) is 26.4 Å². The molecule has 0 radical (unpaired) electrons. The molecular formula is C21H30O4. The topological polar surface area (TPSA) is 58.9 Å². The molecule has 4 nitrogen and oxygen atoms in total. The predicted molar refractivity (Wildman–Crippen MR) is 96.1 cm³/mol. The Morgan fingerprint density at radius 1 is 1.20 bits per heavy atom. The number of aromatic hydroxyl groups is 1. The Morgan fingerprint density at radius 2 is 2.04 bits per heavy atom. The van der Waals surface area contributed by atoms with E-state index in [4.69, 9.17) is 14.6 Å². The van der Waals surface area contributed by atoms with Crippen LogP contribution in [0.3, 0.4) is 0 Å². The molecular weight excluding hydrogens is 316 g/mol. The summed E-state index contributed by atoms with van der Waals surface area (Å²) in [6.45, 7) is 2.98. The summed E-state index contributed by atoms with van der Waals surface area (Å²) in [6, 6.07) is 4.00. The van der Waals surface area contributed by atoms with E-state index in [2.05, 4.69) is 13.0 Å². The van der Waals surface area contributed by atoms with Crippen molar-refractivity contribution in [2.75, 3.05) is 20.3 Å². The van der Waals surface area contributed by atoms with Crippen LogP contribution in [0.25, 0.3) is 0 Å². The van der Waals surface area contributed by atoms with Gasteiger partial charge in [-0.2, -0.15) is 0 Å². The lowest BCUT2D eigenvalue weighted by atomic mass is 9.55. The first-order chi connectivity index (χ1) is 12.1. The summed E-state index contributed by atoms with van der Waals surface area (Å²) in [7, 11) is 1.62. The molecule has 138 valence electrons. The molecule has 0 spiro atoms. The lowest BCUT2D eigenvalue weighted by Crippen LogP contribution is -2.44. The number of aliphatic hydroxyl groups is 1. The first-order valence-electron chi connectivity index (χ1n) is 9.70. The number of ether oxygens (including phenoxy) is 2. The summed E-state index contributed by atoms with van der Waals surface area (Å²) in [4.78, 5) is 0. The molecule has 3 aliphatic carbocycles. The molecule has 4 rings (SSSR count). The molecule has 2 N–H and O–H groups in total. The van der Waals surface area contributed by atoms with Crippen LogP contribution >= 0.6 is 0 Å². The van der Waals surface area contributed by atoms with E-state index >= 15 is 0 Å².